The molecule has 3 amide bonds. The molecule has 0 unspecified atom stereocenters. The Kier molecular flexibility index (Phi) is 7.58. The van der Waals surface area contributed by atoms with Crippen LogP contribution in [0.3, 0.4) is 0 Å². The fourth-order valence-corrected chi connectivity index (χ4v) is 3.51. The van der Waals surface area contributed by atoms with Crippen LogP contribution in [0.5, 0.6) is 0 Å². The third kappa shape index (κ3) is 5.93. The van der Waals surface area contributed by atoms with E-state index in [-0.39, 0.29) is 5.91 Å². The first-order chi connectivity index (χ1) is 12.0. The second kappa shape index (κ2) is 9.68. The Morgan fingerprint density at radius 2 is 1.92 bits per heavy atom. The number of carbonyl (C=O) groups excluding carboxylic acids is 2. The third-order valence-electron chi connectivity index (χ3n) is 4.56. The molecule has 1 aromatic rings. The van der Waals surface area contributed by atoms with E-state index in [2.05, 4.69) is 41.4 Å². The zero-order valence-corrected chi connectivity index (χ0v) is 15.8. The fraction of sp³-hybridized carbons (Fsp3) is 0.556. The van der Waals surface area contributed by atoms with Crippen molar-refractivity contribution in [3.05, 3.63) is 35.4 Å². The molecule has 1 atom stereocenters. The molecule has 25 heavy (non-hydrogen) atoms. The average Bonchev–Trinajstić information content (AvgIpc) is 2.60. The molecular formula is C18H28N4O2S. The number of rotatable bonds is 7. The number of aryl methyl sites for hydroxylation is 1. The first-order valence-electron chi connectivity index (χ1n) is 8.62. The second-order valence-corrected chi connectivity index (χ2v) is 7.36. The summed E-state index contributed by atoms with van der Waals surface area (Å²) in [6.45, 7) is 6.07. The Morgan fingerprint density at radius 1 is 1.24 bits per heavy atom. The van der Waals surface area contributed by atoms with Crippen molar-refractivity contribution in [3.8, 4) is 0 Å². The molecule has 1 saturated heterocycles. The predicted octanol–water partition coefficient (Wildman–Crippen LogP) is 1.43. The number of piperazine rings is 1. The molecule has 6 nitrogen and oxygen atoms in total. The van der Waals surface area contributed by atoms with E-state index in [9.17, 15) is 9.59 Å². The van der Waals surface area contributed by atoms with Crippen LogP contribution in [-0.2, 0) is 11.3 Å². The van der Waals surface area contributed by atoms with Crippen LogP contribution in [0.2, 0.25) is 0 Å². The van der Waals surface area contributed by atoms with E-state index in [0.29, 0.717) is 19.5 Å². The molecule has 1 aromatic carbocycles. The van der Waals surface area contributed by atoms with E-state index in [1.807, 2.05) is 11.2 Å². The first kappa shape index (κ1) is 19.6. The Balaban J connectivity index is 1.88. The molecule has 1 fully saturated rings. The van der Waals surface area contributed by atoms with Crippen LogP contribution in [0.4, 0.5) is 4.79 Å². The predicted molar refractivity (Wildman–Crippen MR) is 103 cm³/mol. The van der Waals surface area contributed by atoms with Crippen molar-refractivity contribution in [1.82, 2.24) is 15.1 Å². The number of benzene rings is 1. The van der Waals surface area contributed by atoms with Gasteiger partial charge in [-0.1, -0.05) is 24.3 Å². The number of hydrogen-bond donors (Lipinski definition) is 2. The number of primary amides is 1. The summed E-state index contributed by atoms with van der Waals surface area (Å²) in [7, 11) is 0. The molecule has 0 spiro atoms. The number of amides is 3. The van der Waals surface area contributed by atoms with Gasteiger partial charge in [-0.2, -0.15) is 11.8 Å². The Hall–Kier alpha value is -1.73. The average molecular weight is 365 g/mol. The number of nitrogens with two attached hydrogens (primary N) is 1. The maximum atomic E-state index is 12.7. The summed E-state index contributed by atoms with van der Waals surface area (Å²) in [4.78, 5) is 28.1. The maximum Gasteiger partial charge on any atom is 0.312 e. The molecule has 1 heterocycles. The van der Waals surface area contributed by atoms with Gasteiger partial charge in [0.2, 0.25) is 5.91 Å². The Morgan fingerprint density at radius 3 is 2.52 bits per heavy atom. The van der Waals surface area contributed by atoms with Gasteiger partial charge in [0.25, 0.3) is 0 Å². The van der Waals surface area contributed by atoms with Gasteiger partial charge in [0.05, 0.1) is 0 Å². The molecule has 3 N–H and O–H groups in total. The van der Waals surface area contributed by atoms with E-state index in [1.54, 1.807) is 11.8 Å². The van der Waals surface area contributed by atoms with Crippen LogP contribution in [0, 0.1) is 6.92 Å². The van der Waals surface area contributed by atoms with Gasteiger partial charge < -0.3 is 16.0 Å². The summed E-state index contributed by atoms with van der Waals surface area (Å²) in [5, 5.41) is 2.59. The topological polar surface area (TPSA) is 78.7 Å². The van der Waals surface area contributed by atoms with Crippen LogP contribution in [0.1, 0.15) is 17.5 Å². The smallest absolute Gasteiger partial charge is 0.312 e. The lowest BCUT2D eigenvalue weighted by Crippen LogP contribution is -2.55. The third-order valence-corrected chi connectivity index (χ3v) is 5.21. The van der Waals surface area contributed by atoms with Gasteiger partial charge >= 0.3 is 6.03 Å². The quantitative estimate of drug-likeness (QED) is 0.767. The number of nitrogens with zero attached hydrogens (tertiary/aromatic N) is 2. The minimum absolute atomic E-state index is 0.0246. The molecule has 0 radical (unpaired) electrons. The summed E-state index contributed by atoms with van der Waals surface area (Å²) in [5.41, 5.74) is 7.84. The fourth-order valence-electron chi connectivity index (χ4n) is 3.04. The lowest BCUT2D eigenvalue weighted by atomic mass is 10.1. The van der Waals surface area contributed by atoms with Crippen molar-refractivity contribution in [2.45, 2.75) is 25.9 Å². The minimum atomic E-state index is -0.641. The van der Waals surface area contributed by atoms with Crippen molar-refractivity contribution >= 4 is 23.7 Å². The molecule has 138 valence electrons. The van der Waals surface area contributed by atoms with Gasteiger partial charge in [0.1, 0.15) is 6.04 Å². The summed E-state index contributed by atoms with van der Waals surface area (Å²) < 4.78 is 0. The van der Waals surface area contributed by atoms with E-state index < -0.39 is 12.1 Å². The molecule has 1 aliphatic rings. The van der Waals surface area contributed by atoms with E-state index in [1.165, 1.54) is 11.1 Å². The normalized spacial score (nSPS) is 16.5. The van der Waals surface area contributed by atoms with Crippen LogP contribution in [0.15, 0.2) is 24.3 Å². The number of nitrogens with one attached hydrogen (secondary N) is 1. The Labute approximate surface area is 154 Å². The number of urea groups is 1. The van der Waals surface area contributed by atoms with Gasteiger partial charge in [-0.3, -0.25) is 9.69 Å². The summed E-state index contributed by atoms with van der Waals surface area (Å²) in [5.74, 6) is 0.785. The number of hydrogen-bond acceptors (Lipinski definition) is 4. The molecule has 0 bridgehead atoms. The van der Waals surface area contributed by atoms with Crippen LogP contribution >= 0.6 is 11.8 Å². The highest BCUT2D eigenvalue weighted by molar-refractivity contribution is 7.98. The minimum Gasteiger partial charge on any atom is -0.352 e. The molecular weight excluding hydrogens is 336 g/mol. The summed E-state index contributed by atoms with van der Waals surface area (Å²) >= 11 is 1.65. The van der Waals surface area contributed by atoms with Gasteiger partial charge in [0.15, 0.2) is 0 Å². The maximum absolute atomic E-state index is 12.7. The van der Waals surface area contributed by atoms with E-state index >= 15 is 0 Å². The highest BCUT2D eigenvalue weighted by Gasteiger charge is 2.28. The molecule has 7 heteroatoms. The lowest BCUT2D eigenvalue weighted by molar-refractivity contribution is -0.135. The zero-order chi connectivity index (χ0) is 18.2. The summed E-state index contributed by atoms with van der Waals surface area (Å²) in [6, 6.07) is 7.23. The first-order valence-corrected chi connectivity index (χ1v) is 10.0. The molecule has 2 rings (SSSR count). The van der Waals surface area contributed by atoms with Crippen LogP contribution < -0.4 is 11.1 Å². The zero-order valence-electron chi connectivity index (χ0n) is 15.0. The van der Waals surface area contributed by atoms with Gasteiger partial charge in [-0.25, -0.2) is 4.79 Å². The highest BCUT2D eigenvalue weighted by atomic mass is 32.2. The molecule has 0 aromatic heterocycles. The van der Waals surface area contributed by atoms with E-state index in [0.717, 1.165) is 25.4 Å². The van der Waals surface area contributed by atoms with E-state index in [4.69, 9.17) is 5.73 Å². The molecule has 0 aliphatic carbocycles. The van der Waals surface area contributed by atoms with Gasteiger partial charge in [0, 0.05) is 32.7 Å². The number of thioether (sulfide) groups is 1. The van der Waals surface area contributed by atoms with Crippen molar-refractivity contribution in [3.63, 3.8) is 0 Å². The van der Waals surface area contributed by atoms with Crippen LogP contribution in [-0.4, -0.2) is 66.0 Å². The lowest BCUT2D eigenvalue weighted by Gasteiger charge is -2.36. The van der Waals surface area contributed by atoms with Crippen molar-refractivity contribution in [2.24, 2.45) is 5.73 Å². The van der Waals surface area contributed by atoms with Gasteiger partial charge in [-0.05, 0) is 36.5 Å². The number of carbonyl (C=O) groups is 2. The summed E-state index contributed by atoms with van der Waals surface area (Å²) in [6.07, 6.45) is 2.59. The Bertz CT molecular complexity index is 588. The monoisotopic (exact) mass is 364 g/mol. The van der Waals surface area contributed by atoms with Crippen LogP contribution in [0.25, 0.3) is 0 Å². The van der Waals surface area contributed by atoms with Crippen molar-refractivity contribution < 1.29 is 9.59 Å². The SMILES string of the molecule is CSCC[C@H](NC(N)=O)C(=O)N1CCN(Cc2ccccc2C)CC1. The standard InChI is InChI=1S/C18H28N4O2S/c1-14-5-3-4-6-15(14)13-21-8-10-22(11-9-21)17(23)16(7-12-25-2)20-18(19)24/h3-6,16H,7-13H2,1-2H3,(H3,19,20,24)/t16-/m0/s1. The van der Waals surface area contributed by atoms with Gasteiger partial charge in [-0.15, -0.1) is 0 Å². The van der Waals surface area contributed by atoms with Crippen molar-refractivity contribution in [2.75, 3.05) is 38.2 Å². The molecule has 1 aliphatic heterocycles. The van der Waals surface area contributed by atoms with Crippen molar-refractivity contribution in [1.29, 1.82) is 0 Å². The second-order valence-electron chi connectivity index (χ2n) is 6.37. The largest absolute Gasteiger partial charge is 0.352 e. The molecule has 0 saturated carbocycles. The highest BCUT2D eigenvalue weighted by Crippen LogP contribution is 2.13.